The molecular formula is C14H16Cl2N2O. The molecule has 2 rings (SSSR count). The van der Waals surface area contributed by atoms with Gasteiger partial charge in [0.2, 0.25) is 0 Å². The van der Waals surface area contributed by atoms with Gasteiger partial charge < -0.3 is 4.74 Å². The van der Waals surface area contributed by atoms with Gasteiger partial charge in [-0.25, -0.2) is 4.68 Å². The summed E-state index contributed by atoms with van der Waals surface area (Å²) >= 11 is 12.4. The maximum Gasteiger partial charge on any atom is 0.144 e. The quantitative estimate of drug-likeness (QED) is 0.773. The number of hydrogen-bond donors (Lipinski definition) is 0. The van der Waals surface area contributed by atoms with Crippen LogP contribution in [0.2, 0.25) is 5.15 Å². The summed E-state index contributed by atoms with van der Waals surface area (Å²) in [5.74, 6) is 1.10. The second-order valence-corrected chi connectivity index (χ2v) is 4.81. The van der Waals surface area contributed by atoms with Crippen molar-refractivity contribution in [2.75, 3.05) is 7.11 Å². The summed E-state index contributed by atoms with van der Waals surface area (Å²) in [6.07, 6.45) is 1.87. The van der Waals surface area contributed by atoms with Gasteiger partial charge in [0.1, 0.15) is 16.6 Å². The van der Waals surface area contributed by atoms with E-state index in [2.05, 4.69) is 12.0 Å². The van der Waals surface area contributed by atoms with Gasteiger partial charge >= 0.3 is 0 Å². The maximum absolute atomic E-state index is 6.39. The highest BCUT2D eigenvalue weighted by Crippen LogP contribution is 2.30. The minimum atomic E-state index is 0.364. The van der Waals surface area contributed by atoms with Gasteiger partial charge in [0.05, 0.1) is 18.7 Å². The van der Waals surface area contributed by atoms with E-state index in [1.165, 1.54) is 0 Å². The van der Waals surface area contributed by atoms with E-state index in [4.69, 9.17) is 27.9 Å². The van der Waals surface area contributed by atoms with Gasteiger partial charge in [-0.15, -0.1) is 11.6 Å². The Hall–Kier alpha value is -1.19. The number of nitrogens with zero attached hydrogens (tertiary/aromatic N) is 2. The number of hydrogen-bond acceptors (Lipinski definition) is 2. The second-order valence-electron chi connectivity index (χ2n) is 4.18. The largest absolute Gasteiger partial charge is 0.494 e. The number of benzene rings is 1. The van der Waals surface area contributed by atoms with Crippen LogP contribution in [0.15, 0.2) is 24.3 Å². The average Bonchev–Trinajstić information content (AvgIpc) is 2.75. The molecule has 0 atom stereocenters. The summed E-state index contributed by atoms with van der Waals surface area (Å²) in [4.78, 5) is 0. The second kappa shape index (κ2) is 6.31. The minimum Gasteiger partial charge on any atom is -0.494 e. The molecule has 0 spiro atoms. The van der Waals surface area contributed by atoms with Crippen molar-refractivity contribution in [2.45, 2.75) is 25.6 Å². The third-order valence-electron chi connectivity index (χ3n) is 2.94. The third kappa shape index (κ3) is 2.72. The maximum atomic E-state index is 6.39. The molecule has 0 saturated heterocycles. The zero-order chi connectivity index (χ0) is 13.8. The van der Waals surface area contributed by atoms with Crippen molar-refractivity contribution in [3.8, 4) is 11.4 Å². The average molecular weight is 299 g/mol. The van der Waals surface area contributed by atoms with Crippen molar-refractivity contribution >= 4 is 23.2 Å². The Bertz CT molecular complexity index is 567. The number of aromatic nitrogens is 2. The van der Waals surface area contributed by atoms with Gasteiger partial charge in [-0.3, -0.25) is 0 Å². The standard InChI is InChI=1S/C14H16Cl2N2O/c1-3-6-11-10(9-15)14(16)18(17-11)12-7-4-5-8-13(12)19-2/h4-5,7-8H,3,6,9H2,1-2H3. The number of halogens is 2. The molecule has 0 bridgehead atoms. The van der Waals surface area contributed by atoms with E-state index in [1.54, 1.807) is 11.8 Å². The molecule has 102 valence electrons. The Morgan fingerprint density at radius 2 is 2.05 bits per heavy atom. The zero-order valence-corrected chi connectivity index (χ0v) is 12.5. The summed E-state index contributed by atoms with van der Waals surface area (Å²) in [7, 11) is 1.63. The fourth-order valence-corrected chi connectivity index (χ4v) is 2.66. The number of methoxy groups -OCH3 is 1. The lowest BCUT2D eigenvalue weighted by Crippen LogP contribution is -2.00. The van der Waals surface area contributed by atoms with Crippen LogP contribution in [0, 0.1) is 0 Å². The van der Waals surface area contributed by atoms with Crippen LogP contribution in [0.3, 0.4) is 0 Å². The van der Waals surface area contributed by atoms with Crippen molar-refractivity contribution in [1.82, 2.24) is 9.78 Å². The van der Waals surface area contributed by atoms with Crippen LogP contribution >= 0.6 is 23.2 Å². The number of alkyl halides is 1. The fraction of sp³-hybridized carbons (Fsp3) is 0.357. The van der Waals surface area contributed by atoms with E-state index in [-0.39, 0.29) is 0 Å². The topological polar surface area (TPSA) is 27.1 Å². The van der Waals surface area contributed by atoms with Crippen molar-refractivity contribution < 1.29 is 4.74 Å². The molecule has 5 heteroatoms. The Balaban J connectivity index is 2.56. The Morgan fingerprint density at radius 3 is 2.68 bits per heavy atom. The summed E-state index contributed by atoms with van der Waals surface area (Å²) in [6.45, 7) is 2.11. The van der Waals surface area contributed by atoms with Crippen molar-refractivity contribution in [2.24, 2.45) is 0 Å². The SMILES string of the molecule is CCCc1nn(-c2ccccc2OC)c(Cl)c1CCl. The summed E-state index contributed by atoms with van der Waals surface area (Å²) in [6, 6.07) is 7.64. The van der Waals surface area contributed by atoms with E-state index in [1.807, 2.05) is 24.3 Å². The van der Waals surface area contributed by atoms with Gasteiger partial charge in [0, 0.05) is 5.56 Å². The smallest absolute Gasteiger partial charge is 0.144 e. The molecule has 3 nitrogen and oxygen atoms in total. The molecule has 0 fully saturated rings. The molecule has 0 aliphatic carbocycles. The lowest BCUT2D eigenvalue weighted by Gasteiger charge is -2.08. The van der Waals surface area contributed by atoms with Crippen molar-refractivity contribution in [3.05, 3.63) is 40.7 Å². The predicted octanol–water partition coefficient (Wildman–Crippen LogP) is 4.23. The minimum absolute atomic E-state index is 0.364. The number of para-hydroxylation sites is 2. The Morgan fingerprint density at radius 1 is 1.32 bits per heavy atom. The first-order valence-electron chi connectivity index (χ1n) is 6.18. The molecule has 0 unspecified atom stereocenters. The van der Waals surface area contributed by atoms with E-state index < -0.39 is 0 Å². The van der Waals surface area contributed by atoms with Crippen LogP contribution < -0.4 is 4.74 Å². The highest BCUT2D eigenvalue weighted by molar-refractivity contribution is 6.31. The van der Waals surface area contributed by atoms with Gasteiger partial charge in [-0.05, 0) is 18.6 Å². The first-order chi connectivity index (χ1) is 9.22. The molecule has 0 N–H and O–H groups in total. The monoisotopic (exact) mass is 298 g/mol. The van der Waals surface area contributed by atoms with E-state index in [9.17, 15) is 0 Å². The van der Waals surface area contributed by atoms with Crippen LogP contribution in [0.5, 0.6) is 5.75 Å². The predicted molar refractivity (Wildman–Crippen MR) is 78.7 cm³/mol. The lowest BCUT2D eigenvalue weighted by molar-refractivity contribution is 0.411. The van der Waals surface area contributed by atoms with Crippen molar-refractivity contribution in [1.29, 1.82) is 0 Å². The molecular weight excluding hydrogens is 283 g/mol. The molecule has 2 aromatic rings. The van der Waals surface area contributed by atoms with Crippen LogP contribution in [-0.4, -0.2) is 16.9 Å². The van der Waals surface area contributed by atoms with E-state index in [0.717, 1.165) is 35.5 Å². The molecule has 1 heterocycles. The Labute approximate surface area is 123 Å². The summed E-state index contributed by atoms with van der Waals surface area (Å²) in [5.41, 5.74) is 2.67. The molecule has 0 aliphatic heterocycles. The molecule has 0 aliphatic rings. The molecule has 0 radical (unpaired) electrons. The van der Waals surface area contributed by atoms with Crippen LogP contribution in [-0.2, 0) is 12.3 Å². The van der Waals surface area contributed by atoms with Gasteiger partial charge in [-0.2, -0.15) is 5.10 Å². The molecule has 19 heavy (non-hydrogen) atoms. The summed E-state index contributed by atoms with van der Waals surface area (Å²) < 4.78 is 7.04. The normalized spacial score (nSPS) is 10.7. The van der Waals surface area contributed by atoms with E-state index in [0.29, 0.717) is 11.0 Å². The highest BCUT2D eigenvalue weighted by atomic mass is 35.5. The van der Waals surface area contributed by atoms with Crippen LogP contribution in [0.1, 0.15) is 24.6 Å². The number of ether oxygens (including phenoxy) is 1. The van der Waals surface area contributed by atoms with E-state index >= 15 is 0 Å². The first kappa shape index (κ1) is 14.2. The number of aryl methyl sites for hydroxylation is 1. The molecule has 0 amide bonds. The van der Waals surface area contributed by atoms with Gasteiger partial charge in [-0.1, -0.05) is 37.1 Å². The number of rotatable bonds is 5. The zero-order valence-electron chi connectivity index (χ0n) is 11.0. The summed E-state index contributed by atoms with van der Waals surface area (Å²) in [5, 5.41) is 5.13. The fourth-order valence-electron chi connectivity index (χ4n) is 2.01. The van der Waals surface area contributed by atoms with Crippen LogP contribution in [0.4, 0.5) is 0 Å². The van der Waals surface area contributed by atoms with Gasteiger partial charge in [0.25, 0.3) is 0 Å². The molecule has 1 aromatic heterocycles. The highest BCUT2D eigenvalue weighted by Gasteiger charge is 2.17. The molecule has 1 aromatic carbocycles. The lowest BCUT2D eigenvalue weighted by atomic mass is 10.2. The molecule has 0 saturated carbocycles. The third-order valence-corrected chi connectivity index (χ3v) is 3.59. The first-order valence-corrected chi connectivity index (χ1v) is 7.09. The van der Waals surface area contributed by atoms with Crippen molar-refractivity contribution in [3.63, 3.8) is 0 Å². The Kier molecular flexibility index (Phi) is 4.72. The van der Waals surface area contributed by atoms with Crippen LogP contribution in [0.25, 0.3) is 5.69 Å². The van der Waals surface area contributed by atoms with Gasteiger partial charge in [0.15, 0.2) is 0 Å².